The van der Waals surface area contributed by atoms with Gasteiger partial charge in [0.1, 0.15) is 10.1 Å². The fourth-order valence-electron chi connectivity index (χ4n) is 2.71. The third-order valence-corrected chi connectivity index (χ3v) is 6.24. The van der Waals surface area contributed by atoms with E-state index >= 15 is 0 Å². The average Bonchev–Trinajstić information content (AvgIpc) is 2.97. The highest BCUT2D eigenvalue weighted by molar-refractivity contribution is 8.26. The Kier molecular flexibility index (Phi) is 7.41. The number of nitrogens with zero attached hydrogens (tertiary/aromatic N) is 1. The van der Waals surface area contributed by atoms with Crippen LogP contribution in [0.5, 0.6) is 5.75 Å². The molecule has 1 aliphatic rings. The summed E-state index contributed by atoms with van der Waals surface area (Å²) < 4.78 is 6.12. The lowest BCUT2D eigenvalue weighted by molar-refractivity contribution is -0.123. The van der Waals surface area contributed by atoms with Gasteiger partial charge in [0.2, 0.25) is 0 Å². The third kappa shape index (κ3) is 5.35. The van der Waals surface area contributed by atoms with Crippen molar-refractivity contribution < 1.29 is 14.3 Å². The van der Waals surface area contributed by atoms with Crippen molar-refractivity contribution >= 4 is 75.1 Å². The van der Waals surface area contributed by atoms with E-state index in [0.717, 1.165) is 5.56 Å². The molecule has 30 heavy (non-hydrogen) atoms. The number of rotatable bonds is 6. The number of ether oxygens (including phenoxy) is 1. The number of thiocarbonyl (C=S) groups is 1. The van der Waals surface area contributed by atoms with Crippen LogP contribution >= 0.6 is 47.2 Å². The molecule has 1 heterocycles. The molecule has 1 aliphatic heterocycles. The standard InChI is InChI=1S/C21H18Cl2N2O3S2/c1-12(2)25-20(27)17(30-21(25)29)10-13-5-3-6-14(9-13)28-11-18(26)24-16-8-4-7-15(22)19(16)23/h3-10,12H,11H2,1-2H3,(H,24,26)/b17-10-. The van der Waals surface area contributed by atoms with Crippen LogP contribution in [0.1, 0.15) is 19.4 Å². The van der Waals surface area contributed by atoms with Crippen molar-refractivity contribution in [2.24, 2.45) is 0 Å². The summed E-state index contributed by atoms with van der Waals surface area (Å²) in [5.74, 6) is 0.0157. The summed E-state index contributed by atoms with van der Waals surface area (Å²) in [6, 6.07) is 12.1. The van der Waals surface area contributed by atoms with Crippen molar-refractivity contribution in [3.8, 4) is 5.75 Å². The lowest BCUT2D eigenvalue weighted by atomic mass is 10.2. The van der Waals surface area contributed by atoms with Crippen LogP contribution in [0.3, 0.4) is 0 Å². The summed E-state index contributed by atoms with van der Waals surface area (Å²) >= 11 is 18.6. The van der Waals surface area contributed by atoms with Crippen LogP contribution in [0, 0.1) is 0 Å². The smallest absolute Gasteiger partial charge is 0.266 e. The molecule has 0 radical (unpaired) electrons. The number of carbonyl (C=O) groups excluding carboxylic acids is 2. The Labute approximate surface area is 194 Å². The largest absolute Gasteiger partial charge is 0.484 e. The van der Waals surface area contributed by atoms with Crippen LogP contribution in [-0.2, 0) is 9.59 Å². The minimum absolute atomic E-state index is 0.00424. The zero-order chi connectivity index (χ0) is 21.8. The lowest BCUT2D eigenvalue weighted by Crippen LogP contribution is -2.34. The fourth-order valence-corrected chi connectivity index (χ4v) is 4.58. The van der Waals surface area contributed by atoms with Gasteiger partial charge in [0.15, 0.2) is 6.61 Å². The van der Waals surface area contributed by atoms with E-state index < -0.39 is 0 Å². The molecule has 9 heteroatoms. The van der Waals surface area contributed by atoms with Gasteiger partial charge < -0.3 is 10.1 Å². The molecule has 0 spiro atoms. The molecule has 1 saturated heterocycles. The summed E-state index contributed by atoms with van der Waals surface area (Å²) in [5, 5.41) is 3.28. The van der Waals surface area contributed by atoms with Crippen LogP contribution in [-0.4, -0.2) is 33.7 Å². The molecule has 0 unspecified atom stereocenters. The Bertz CT molecular complexity index is 1040. The predicted octanol–water partition coefficient (Wildman–Crippen LogP) is 5.62. The average molecular weight is 481 g/mol. The van der Waals surface area contributed by atoms with Gasteiger partial charge in [-0.25, -0.2) is 0 Å². The van der Waals surface area contributed by atoms with Crippen molar-refractivity contribution in [3.05, 3.63) is 63.0 Å². The van der Waals surface area contributed by atoms with Crippen LogP contribution in [0.15, 0.2) is 47.4 Å². The molecule has 5 nitrogen and oxygen atoms in total. The summed E-state index contributed by atoms with van der Waals surface area (Å²) in [7, 11) is 0. The number of hydrogen-bond acceptors (Lipinski definition) is 5. The first-order valence-corrected chi connectivity index (χ1v) is 11.0. The molecule has 0 atom stereocenters. The SMILES string of the molecule is CC(C)N1C(=O)/C(=C/c2cccc(OCC(=O)Nc3cccc(Cl)c3Cl)c2)SC1=S. The molecule has 0 aromatic heterocycles. The van der Waals surface area contributed by atoms with Gasteiger partial charge in [0, 0.05) is 6.04 Å². The molecule has 2 aromatic carbocycles. The summed E-state index contributed by atoms with van der Waals surface area (Å²) in [5.41, 5.74) is 1.19. The minimum atomic E-state index is -0.373. The maximum Gasteiger partial charge on any atom is 0.266 e. The number of nitrogens with one attached hydrogen (secondary N) is 1. The van der Waals surface area contributed by atoms with Gasteiger partial charge in [-0.2, -0.15) is 0 Å². The molecule has 3 rings (SSSR count). The minimum Gasteiger partial charge on any atom is -0.484 e. The molecule has 2 aromatic rings. The van der Waals surface area contributed by atoms with E-state index in [1.54, 1.807) is 47.4 Å². The Hall–Kier alpha value is -2.06. The van der Waals surface area contributed by atoms with Gasteiger partial charge >= 0.3 is 0 Å². The second-order valence-corrected chi connectivity index (χ2v) is 9.12. The molecular formula is C21H18Cl2N2O3S2. The molecule has 0 saturated carbocycles. The van der Waals surface area contributed by atoms with E-state index in [4.69, 9.17) is 40.2 Å². The number of thioether (sulfide) groups is 1. The van der Waals surface area contributed by atoms with Crippen molar-refractivity contribution in [1.82, 2.24) is 4.90 Å². The Morgan fingerprint density at radius 1 is 1.27 bits per heavy atom. The lowest BCUT2D eigenvalue weighted by Gasteiger charge is -2.18. The van der Waals surface area contributed by atoms with E-state index in [9.17, 15) is 9.59 Å². The normalized spacial score (nSPS) is 15.2. The van der Waals surface area contributed by atoms with Gasteiger partial charge in [-0.1, -0.05) is 65.4 Å². The Balaban J connectivity index is 1.65. The summed E-state index contributed by atoms with van der Waals surface area (Å²) in [6.07, 6.45) is 1.76. The van der Waals surface area contributed by atoms with Crippen LogP contribution < -0.4 is 10.1 Å². The number of halogens is 2. The zero-order valence-corrected chi connectivity index (χ0v) is 19.3. The van der Waals surface area contributed by atoms with E-state index in [0.29, 0.717) is 25.7 Å². The molecule has 1 fully saturated rings. The highest BCUT2D eigenvalue weighted by atomic mass is 35.5. The summed E-state index contributed by atoms with van der Waals surface area (Å²) in [6.45, 7) is 3.63. The number of hydrogen-bond donors (Lipinski definition) is 1. The summed E-state index contributed by atoms with van der Waals surface area (Å²) in [4.78, 5) is 26.9. The van der Waals surface area contributed by atoms with Gasteiger partial charge in [0.05, 0.1) is 20.6 Å². The Morgan fingerprint density at radius 2 is 2.00 bits per heavy atom. The molecule has 0 bridgehead atoms. The van der Waals surface area contributed by atoms with Crippen molar-refractivity contribution in [2.75, 3.05) is 11.9 Å². The third-order valence-electron chi connectivity index (χ3n) is 4.09. The van der Waals surface area contributed by atoms with Gasteiger partial charge in [-0.05, 0) is 49.8 Å². The van der Waals surface area contributed by atoms with Gasteiger partial charge in [0.25, 0.3) is 11.8 Å². The fraction of sp³-hybridized carbons (Fsp3) is 0.190. The van der Waals surface area contributed by atoms with Gasteiger partial charge in [-0.15, -0.1) is 0 Å². The quantitative estimate of drug-likeness (QED) is 0.429. The first-order chi connectivity index (χ1) is 14.3. The van der Waals surface area contributed by atoms with Crippen LogP contribution in [0.2, 0.25) is 10.0 Å². The number of anilines is 1. The molecule has 0 aliphatic carbocycles. The molecule has 2 amide bonds. The van der Waals surface area contributed by atoms with E-state index in [1.807, 2.05) is 19.9 Å². The maximum atomic E-state index is 12.5. The van der Waals surface area contributed by atoms with E-state index in [1.165, 1.54) is 11.8 Å². The first kappa shape index (κ1) is 22.6. The molecule has 1 N–H and O–H groups in total. The van der Waals surface area contributed by atoms with Crippen LogP contribution in [0.4, 0.5) is 5.69 Å². The Morgan fingerprint density at radius 3 is 2.70 bits per heavy atom. The monoisotopic (exact) mass is 480 g/mol. The topological polar surface area (TPSA) is 58.6 Å². The van der Waals surface area contributed by atoms with Crippen molar-refractivity contribution in [2.45, 2.75) is 19.9 Å². The predicted molar refractivity (Wildman–Crippen MR) is 127 cm³/mol. The van der Waals surface area contributed by atoms with Crippen molar-refractivity contribution in [3.63, 3.8) is 0 Å². The number of amides is 2. The van der Waals surface area contributed by atoms with Gasteiger partial charge in [-0.3, -0.25) is 14.5 Å². The zero-order valence-electron chi connectivity index (χ0n) is 16.1. The van der Waals surface area contributed by atoms with E-state index in [-0.39, 0.29) is 29.5 Å². The second kappa shape index (κ2) is 9.83. The maximum absolute atomic E-state index is 12.5. The molecular weight excluding hydrogens is 463 g/mol. The van der Waals surface area contributed by atoms with Crippen LogP contribution in [0.25, 0.3) is 6.08 Å². The second-order valence-electron chi connectivity index (χ2n) is 6.66. The van der Waals surface area contributed by atoms with E-state index in [2.05, 4.69) is 5.32 Å². The first-order valence-electron chi connectivity index (χ1n) is 9.00. The highest BCUT2D eigenvalue weighted by Crippen LogP contribution is 2.34. The molecule has 156 valence electrons. The highest BCUT2D eigenvalue weighted by Gasteiger charge is 2.33. The number of carbonyl (C=O) groups is 2. The number of benzene rings is 2. The van der Waals surface area contributed by atoms with Crippen molar-refractivity contribution in [1.29, 1.82) is 0 Å².